The predicted octanol–water partition coefficient (Wildman–Crippen LogP) is 3.14. The molecule has 1 N–H and O–H groups in total. The molecule has 10 heteroatoms. The molecule has 1 saturated heterocycles. The van der Waals surface area contributed by atoms with E-state index >= 15 is 0 Å². The van der Waals surface area contributed by atoms with Gasteiger partial charge in [0.2, 0.25) is 10.0 Å². The summed E-state index contributed by atoms with van der Waals surface area (Å²) in [6.07, 6.45) is 0. The second kappa shape index (κ2) is 9.23. The van der Waals surface area contributed by atoms with Gasteiger partial charge in [0.15, 0.2) is 6.61 Å². The quantitative estimate of drug-likeness (QED) is 0.674. The highest BCUT2D eigenvalue weighted by Gasteiger charge is 2.27. The Hall–Kier alpha value is -1.65. The van der Waals surface area contributed by atoms with E-state index in [9.17, 15) is 13.2 Å². The van der Waals surface area contributed by atoms with Crippen molar-refractivity contribution in [2.45, 2.75) is 4.90 Å². The summed E-state index contributed by atoms with van der Waals surface area (Å²) in [5.74, 6) is 0.0714. The lowest BCUT2D eigenvalue weighted by atomic mass is 10.3. The molecule has 1 aliphatic rings. The second-order valence-corrected chi connectivity index (χ2v) is 9.21. The molecule has 3 rings (SSSR count). The average Bonchev–Trinajstić information content (AvgIpc) is 2.69. The van der Waals surface area contributed by atoms with Crippen LogP contribution in [0, 0.1) is 0 Å². The van der Waals surface area contributed by atoms with Crippen molar-refractivity contribution in [3.05, 3.63) is 52.0 Å². The predicted molar refractivity (Wildman–Crippen MR) is 109 cm³/mol. The molecule has 150 valence electrons. The first-order chi connectivity index (χ1) is 13.4. The fourth-order valence-corrected chi connectivity index (χ4v) is 4.57. The van der Waals surface area contributed by atoms with Crippen molar-refractivity contribution in [2.75, 3.05) is 38.2 Å². The van der Waals surface area contributed by atoms with Gasteiger partial charge in [-0.2, -0.15) is 4.31 Å². The number of ether oxygens (including phenoxy) is 2. The van der Waals surface area contributed by atoms with Gasteiger partial charge in [-0.15, -0.1) is 0 Å². The molecule has 1 amide bonds. The number of carbonyl (C=O) groups is 1. The first kappa shape index (κ1) is 21.1. The standard InChI is InChI=1S/C18H18BrClN2O5S/c19-13-2-1-3-14(10-13)27-12-18(23)21-17-11-15(4-5-16(17)20)28(24,25)22-6-8-26-9-7-22/h1-5,10-11H,6-9,12H2,(H,21,23). The summed E-state index contributed by atoms with van der Waals surface area (Å²) in [6, 6.07) is 11.3. The molecule has 28 heavy (non-hydrogen) atoms. The van der Waals surface area contributed by atoms with Gasteiger partial charge in [-0.05, 0) is 36.4 Å². The normalized spacial score (nSPS) is 15.2. The molecule has 7 nitrogen and oxygen atoms in total. The molecule has 0 aliphatic carbocycles. The first-order valence-electron chi connectivity index (χ1n) is 8.42. The topological polar surface area (TPSA) is 84.9 Å². The number of anilines is 1. The highest BCUT2D eigenvalue weighted by Crippen LogP contribution is 2.27. The molecule has 0 spiro atoms. The number of benzene rings is 2. The van der Waals surface area contributed by atoms with Crippen molar-refractivity contribution < 1.29 is 22.7 Å². The maximum absolute atomic E-state index is 12.8. The zero-order valence-electron chi connectivity index (χ0n) is 14.7. The Labute approximate surface area is 176 Å². The maximum atomic E-state index is 12.8. The van der Waals surface area contributed by atoms with Gasteiger partial charge in [-0.25, -0.2) is 8.42 Å². The minimum Gasteiger partial charge on any atom is -0.484 e. The Morgan fingerprint density at radius 3 is 2.68 bits per heavy atom. The molecule has 1 fully saturated rings. The minimum absolute atomic E-state index is 0.0574. The number of nitrogens with one attached hydrogen (secondary N) is 1. The largest absolute Gasteiger partial charge is 0.484 e. The Bertz CT molecular complexity index is 964. The Kier molecular flexibility index (Phi) is 6.95. The number of carbonyl (C=O) groups excluding carboxylic acids is 1. The van der Waals surface area contributed by atoms with Crippen LogP contribution < -0.4 is 10.1 Å². The van der Waals surface area contributed by atoms with Gasteiger partial charge in [0.1, 0.15) is 5.75 Å². The maximum Gasteiger partial charge on any atom is 0.262 e. The van der Waals surface area contributed by atoms with Gasteiger partial charge in [0, 0.05) is 17.6 Å². The van der Waals surface area contributed by atoms with E-state index in [4.69, 9.17) is 21.1 Å². The third kappa shape index (κ3) is 5.24. The van der Waals surface area contributed by atoms with Gasteiger partial charge < -0.3 is 14.8 Å². The molecule has 1 heterocycles. The summed E-state index contributed by atoms with van der Waals surface area (Å²) in [6.45, 7) is 1.03. The molecule has 0 unspecified atom stereocenters. The fraction of sp³-hybridized carbons (Fsp3) is 0.278. The van der Waals surface area contributed by atoms with Crippen LogP contribution in [0.25, 0.3) is 0 Å². The monoisotopic (exact) mass is 488 g/mol. The van der Waals surface area contributed by atoms with Gasteiger partial charge >= 0.3 is 0 Å². The molecule has 2 aromatic carbocycles. The van der Waals surface area contributed by atoms with Crippen molar-refractivity contribution in [1.82, 2.24) is 4.31 Å². The SMILES string of the molecule is O=C(COc1cccc(Br)c1)Nc1cc(S(=O)(=O)N2CCOCC2)ccc1Cl. The van der Waals surface area contributed by atoms with Crippen LogP contribution in [0.3, 0.4) is 0 Å². The van der Waals surface area contributed by atoms with E-state index in [-0.39, 0.29) is 35.3 Å². The van der Waals surface area contributed by atoms with Crippen LogP contribution in [-0.2, 0) is 19.6 Å². The number of sulfonamides is 1. The lowest BCUT2D eigenvalue weighted by Gasteiger charge is -2.26. The smallest absolute Gasteiger partial charge is 0.262 e. The van der Waals surface area contributed by atoms with E-state index in [1.807, 2.05) is 6.07 Å². The molecule has 0 bridgehead atoms. The van der Waals surface area contributed by atoms with Crippen LogP contribution in [-0.4, -0.2) is 51.5 Å². The molecular formula is C18H18BrClN2O5S. The second-order valence-electron chi connectivity index (χ2n) is 5.95. The number of hydrogen-bond acceptors (Lipinski definition) is 5. The van der Waals surface area contributed by atoms with Gasteiger partial charge in [-0.1, -0.05) is 33.6 Å². The van der Waals surface area contributed by atoms with Crippen molar-refractivity contribution in [3.63, 3.8) is 0 Å². The summed E-state index contributed by atoms with van der Waals surface area (Å²) < 4.78 is 38.3. The summed E-state index contributed by atoms with van der Waals surface area (Å²) in [5, 5.41) is 2.83. The first-order valence-corrected chi connectivity index (χ1v) is 11.0. The van der Waals surface area contributed by atoms with Gasteiger partial charge in [0.05, 0.1) is 28.8 Å². The number of rotatable bonds is 6. The minimum atomic E-state index is -3.69. The van der Waals surface area contributed by atoms with Crippen LogP contribution in [0.15, 0.2) is 51.8 Å². The molecule has 0 atom stereocenters. The summed E-state index contributed by atoms with van der Waals surface area (Å²) in [4.78, 5) is 12.3. The van der Waals surface area contributed by atoms with E-state index in [2.05, 4.69) is 21.2 Å². The van der Waals surface area contributed by atoms with Crippen LogP contribution >= 0.6 is 27.5 Å². The van der Waals surface area contributed by atoms with Gasteiger partial charge in [-0.3, -0.25) is 4.79 Å². The van der Waals surface area contributed by atoms with Crippen LogP contribution in [0.2, 0.25) is 5.02 Å². The van der Waals surface area contributed by atoms with Crippen LogP contribution in [0.5, 0.6) is 5.75 Å². The van der Waals surface area contributed by atoms with E-state index in [1.54, 1.807) is 18.2 Å². The van der Waals surface area contributed by atoms with Crippen LogP contribution in [0.4, 0.5) is 5.69 Å². The number of halogens is 2. The molecule has 0 saturated carbocycles. The Balaban J connectivity index is 1.70. The average molecular weight is 490 g/mol. The zero-order valence-corrected chi connectivity index (χ0v) is 17.9. The Morgan fingerprint density at radius 1 is 1.21 bits per heavy atom. The van der Waals surface area contributed by atoms with Crippen molar-refractivity contribution in [2.24, 2.45) is 0 Å². The number of morpholine rings is 1. The molecular weight excluding hydrogens is 472 g/mol. The van der Waals surface area contributed by atoms with Crippen molar-refractivity contribution in [3.8, 4) is 5.75 Å². The van der Waals surface area contributed by atoms with E-state index in [1.165, 1.54) is 22.5 Å². The third-order valence-electron chi connectivity index (χ3n) is 3.99. The fourth-order valence-electron chi connectivity index (χ4n) is 2.59. The van der Waals surface area contributed by atoms with Gasteiger partial charge in [0.25, 0.3) is 5.91 Å². The van der Waals surface area contributed by atoms with E-state index < -0.39 is 15.9 Å². The Morgan fingerprint density at radius 2 is 1.96 bits per heavy atom. The molecule has 2 aromatic rings. The summed E-state index contributed by atoms with van der Waals surface area (Å²) >= 11 is 9.45. The lowest BCUT2D eigenvalue weighted by Crippen LogP contribution is -2.40. The molecule has 0 radical (unpaired) electrons. The van der Waals surface area contributed by atoms with E-state index in [0.29, 0.717) is 19.0 Å². The lowest BCUT2D eigenvalue weighted by molar-refractivity contribution is -0.118. The van der Waals surface area contributed by atoms with Crippen molar-refractivity contribution >= 4 is 49.1 Å². The highest BCUT2D eigenvalue weighted by atomic mass is 79.9. The summed E-state index contributed by atoms with van der Waals surface area (Å²) in [5.41, 5.74) is 0.207. The van der Waals surface area contributed by atoms with Crippen LogP contribution in [0.1, 0.15) is 0 Å². The summed E-state index contributed by atoms with van der Waals surface area (Å²) in [7, 11) is -3.69. The number of amides is 1. The van der Waals surface area contributed by atoms with E-state index in [0.717, 1.165) is 4.47 Å². The zero-order chi connectivity index (χ0) is 20.1. The third-order valence-corrected chi connectivity index (χ3v) is 6.70. The highest BCUT2D eigenvalue weighted by molar-refractivity contribution is 9.10. The molecule has 1 aliphatic heterocycles. The molecule has 0 aromatic heterocycles. The van der Waals surface area contributed by atoms with Crippen molar-refractivity contribution in [1.29, 1.82) is 0 Å². The number of hydrogen-bond donors (Lipinski definition) is 1. The number of nitrogens with zero attached hydrogens (tertiary/aromatic N) is 1.